The molecule has 0 aliphatic carbocycles. The van der Waals surface area contributed by atoms with E-state index in [1.807, 2.05) is 0 Å². The molecule has 1 aromatic heterocycles. The zero-order valence-corrected chi connectivity index (χ0v) is 15.2. The van der Waals surface area contributed by atoms with E-state index in [-0.39, 0.29) is 5.91 Å². The SMILES string of the molecule is C=CCNC(=O)c1ccnc(Nc2ccc(N(CC)CC)cc2C)c1. The Morgan fingerprint density at radius 3 is 2.64 bits per heavy atom. The van der Waals surface area contributed by atoms with E-state index in [9.17, 15) is 4.79 Å². The van der Waals surface area contributed by atoms with Gasteiger partial charge in [-0.3, -0.25) is 4.79 Å². The molecular weight excluding hydrogens is 312 g/mol. The van der Waals surface area contributed by atoms with E-state index >= 15 is 0 Å². The van der Waals surface area contributed by atoms with Gasteiger partial charge < -0.3 is 15.5 Å². The predicted molar refractivity (Wildman–Crippen MR) is 105 cm³/mol. The molecule has 0 aliphatic heterocycles. The van der Waals surface area contributed by atoms with Gasteiger partial charge in [-0.1, -0.05) is 6.08 Å². The fourth-order valence-corrected chi connectivity index (χ4v) is 2.62. The summed E-state index contributed by atoms with van der Waals surface area (Å²) in [6, 6.07) is 9.75. The second kappa shape index (κ2) is 8.87. The lowest BCUT2D eigenvalue weighted by Gasteiger charge is -2.22. The van der Waals surface area contributed by atoms with Gasteiger partial charge >= 0.3 is 0 Å². The number of hydrogen-bond donors (Lipinski definition) is 2. The molecule has 2 N–H and O–H groups in total. The number of hydrogen-bond acceptors (Lipinski definition) is 4. The van der Waals surface area contributed by atoms with Gasteiger partial charge in [0.2, 0.25) is 0 Å². The van der Waals surface area contributed by atoms with Crippen LogP contribution in [0, 0.1) is 6.92 Å². The lowest BCUT2D eigenvalue weighted by Crippen LogP contribution is -2.23. The molecule has 132 valence electrons. The van der Waals surface area contributed by atoms with Gasteiger partial charge in [0.25, 0.3) is 5.91 Å². The number of pyridine rings is 1. The van der Waals surface area contributed by atoms with Crippen molar-refractivity contribution in [2.24, 2.45) is 0 Å². The molecule has 2 aromatic rings. The Morgan fingerprint density at radius 1 is 1.24 bits per heavy atom. The Labute approximate surface area is 149 Å². The minimum Gasteiger partial charge on any atom is -0.372 e. The number of nitrogens with one attached hydrogen (secondary N) is 2. The van der Waals surface area contributed by atoms with Crippen LogP contribution >= 0.6 is 0 Å². The van der Waals surface area contributed by atoms with Crippen LogP contribution in [0.2, 0.25) is 0 Å². The number of amides is 1. The monoisotopic (exact) mass is 338 g/mol. The first kappa shape index (κ1) is 18.5. The normalized spacial score (nSPS) is 10.2. The average molecular weight is 338 g/mol. The first-order valence-corrected chi connectivity index (χ1v) is 8.56. The number of anilines is 3. The van der Waals surface area contributed by atoms with Crippen LogP contribution < -0.4 is 15.5 Å². The molecule has 0 unspecified atom stereocenters. The summed E-state index contributed by atoms with van der Waals surface area (Å²) in [5.74, 6) is 0.504. The van der Waals surface area contributed by atoms with Gasteiger partial charge in [-0.25, -0.2) is 4.98 Å². The van der Waals surface area contributed by atoms with Crippen molar-refractivity contribution in [2.45, 2.75) is 20.8 Å². The first-order valence-electron chi connectivity index (χ1n) is 8.56. The molecule has 1 aromatic carbocycles. The van der Waals surface area contributed by atoms with Gasteiger partial charge in [-0.15, -0.1) is 6.58 Å². The predicted octanol–water partition coefficient (Wildman–Crippen LogP) is 3.90. The van der Waals surface area contributed by atoms with Crippen molar-refractivity contribution in [3.8, 4) is 0 Å². The second-order valence-electron chi connectivity index (χ2n) is 5.72. The zero-order chi connectivity index (χ0) is 18.2. The molecule has 5 heteroatoms. The fraction of sp³-hybridized carbons (Fsp3) is 0.300. The summed E-state index contributed by atoms with van der Waals surface area (Å²) in [7, 11) is 0. The number of aromatic nitrogens is 1. The highest BCUT2D eigenvalue weighted by atomic mass is 16.1. The molecule has 0 saturated heterocycles. The molecule has 0 atom stereocenters. The maximum atomic E-state index is 12.0. The quantitative estimate of drug-likeness (QED) is 0.717. The minimum absolute atomic E-state index is 0.140. The summed E-state index contributed by atoms with van der Waals surface area (Å²) >= 11 is 0. The summed E-state index contributed by atoms with van der Waals surface area (Å²) in [5.41, 5.74) is 3.88. The highest BCUT2D eigenvalue weighted by Gasteiger charge is 2.08. The van der Waals surface area contributed by atoms with Crippen LogP contribution in [0.5, 0.6) is 0 Å². The zero-order valence-electron chi connectivity index (χ0n) is 15.2. The maximum absolute atomic E-state index is 12.0. The Kier molecular flexibility index (Phi) is 6.57. The van der Waals surface area contributed by atoms with E-state index in [2.05, 4.69) is 66.1 Å². The summed E-state index contributed by atoms with van der Waals surface area (Å²) in [5, 5.41) is 6.06. The number of carbonyl (C=O) groups is 1. The molecule has 0 aliphatic rings. The molecule has 5 nitrogen and oxygen atoms in total. The van der Waals surface area contributed by atoms with Crippen molar-refractivity contribution in [2.75, 3.05) is 29.9 Å². The van der Waals surface area contributed by atoms with Crippen molar-refractivity contribution in [1.29, 1.82) is 0 Å². The summed E-state index contributed by atoms with van der Waals surface area (Å²) in [6.07, 6.45) is 3.28. The number of nitrogens with zero attached hydrogens (tertiary/aromatic N) is 2. The van der Waals surface area contributed by atoms with Crippen LogP contribution in [0.4, 0.5) is 17.2 Å². The molecule has 25 heavy (non-hydrogen) atoms. The Morgan fingerprint density at radius 2 is 2.00 bits per heavy atom. The second-order valence-corrected chi connectivity index (χ2v) is 5.72. The van der Waals surface area contributed by atoms with Crippen molar-refractivity contribution in [3.63, 3.8) is 0 Å². The van der Waals surface area contributed by atoms with Gasteiger partial charge in [0, 0.05) is 42.8 Å². The van der Waals surface area contributed by atoms with Crippen LogP contribution in [0.15, 0.2) is 49.2 Å². The minimum atomic E-state index is -0.140. The lowest BCUT2D eigenvalue weighted by molar-refractivity contribution is 0.0958. The van der Waals surface area contributed by atoms with Crippen LogP contribution in [-0.2, 0) is 0 Å². The van der Waals surface area contributed by atoms with Crippen molar-refractivity contribution in [3.05, 3.63) is 60.3 Å². The highest BCUT2D eigenvalue weighted by molar-refractivity contribution is 5.95. The third-order valence-corrected chi connectivity index (χ3v) is 4.03. The van der Waals surface area contributed by atoms with Crippen LogP contribution in [0.25, 0.3) is 0 Å². The van der Waals surface area contributed by atoms with E-state index in [1.165, 1.54) is 5.69 Å². The molecule has 0 bridgehead atoms. The van der Waals surface area contributed by atoms with E-state index in [0.717, 1.165) is 24.3 Å². The first-order chi connectivity index (χ1) is 12.1. The van der Waals surface area contributed by atoms with Crippen molar-refractivity contribution >= 4 is 23.1 Å². The molecule has 0 spiro atoms. The topological polar surface area (TPSA) is 57.3 Å². The van der Waals surface area contributed by atoms with Gasteiger partial charge in [0.15, 0.2) is 0 Å². The molecule has 1 heterocycles. The molecule has 2 rings (SSSR count). The summed E-state index contributed by atoms with van der Waals surface area (Å²) in [6.45, 7) is 12.4. The Bertz CT molecular complexity index is 738. The van der Waals surface area contributed by atoms with Crippen molar-refractivity contribution in [1.82, 2.24) is 10.3 Å². The van der Waals surface area contributed by atoms with Gasteiger partial charge in [-0.2, -0.15) is 0 Å². The molecule has 0 radical (unpaired) electrons. The van der Waals surface area contributed by atoms with E-state index in [1.54, 1.807) is 24.4 Å². The highest BCUT2D eigenvalue weighted by Crippen LogP contribution is 2.25. The van der Waals surface area contributed by atoms with E-state index < -0.39 is 0 Å². The summed E-state index contributed by atoms with van der Waals surface area (Å²) in [4.78, 5) is 18.7. The van der Waals surface area contributed by atoms with E-state index in [4.69, 9.17) is 0 Å². The number of benzene rings is 1. The van der Waals surface area contributed by atoms with Gasteiger partial charge in [0.1, 0.15) is 5.82 Å². The molecule has 0 fully saturated rings. The lowest BCUT2D eigenvalue weighted by atomic mass is 10.1. The Hall–Kier alpha value is -2.82. The largest absolute Gasteiger partial charge is 0.372 e. The van der Waals surface area contributed by atoms with Gasteiger partial charge in [-0.05, 0) is 56.7 Å². The third kappa shape index (κ3) is 4.83. The van der Waals surface area contributed by atoms with Gasteiger partial charge in [0.05, 0.1) is 0 Å². The number of aryl methyl sites for hydroxylation is 1. The number of carbonyl (C=O) groups excluding carboxylic acids is 1. The van der Waals surface area contributed by atoms with E-state index in [0.29, 0.717) is 17.9 Å². The molecule has 0 saturated carbocycles. The average Bonchev–Trinajstić information content (AvgIpc) is 2.63. The smallest absolute Gasteiger partial charge is 0.251 e. The third-order valence-electron chi connectivity index (χ3n) is 4.03. The van der Waals surface area contributed by atoms with Crippen molar-refractivity contribution < 1.29 is 4.79 Å². The van der Waals surface area contributed by atoms with Crippen LogP contribution in [-0.4, -0.2) is 30.5 Å². The maximum Gasteiger partial charge on any atom is 0.251 e. The number of rotatable bonds is 8. The standard InChI is InChI=1S/C20H26N4O/c1-5-11-22-20(25)16-10-12-21-19(14-16)23-18-9-8-17(13-15(18)4)24(6-2)7-3/h5,8-10,12-14H,1,6-7,11H2,2-4H3,(H,21,23)(H,22,25). The fourth-order valence-electron chi connectivity index (χ4n) is 2.62. The molecular formula is C20H26N4O. The van der Waals surface area contributed by atoms with Crippen LogP contribution in [0.1, 0.15) is 29.8 Å². The Balaban J connectivity index is 2.17. The molecule has 1 amide bonds. The summed E-state index contributed by atoms with van der Waals surface area (Å²) < 4.78 is 0. The van der Waals surface area contributed by atoms with Crippen LogP contribution in [0.3, 0.4) is 0 Å².